The molecule has 2 heterocycles. The lowest BCUT2D eigenvalue weighted by molar-refractivity contribution is -0.139. The Bertz CT molecular complexity index is 1120. The second-order valence-corrected chi connectivity index (χ2v) is 7.33. The fourth-order valence-electron chi connectivity index (χ4n) is 3.87. The summed E-state index contributed by atoms with van der Waals surface area (Å²) in [6.45, 7) is 4.31. The van der Waals surface area contributed by atoms with Gasteiger partial charge < -0.3 is 25.1 Å². The molecular weight excluding hydrogens is 394 g/mol. The fraction of sp³-hybridized carbons (Fsp3) is 0.250. The summed E-state index contributed by atoms with van der Waals surface area (Å²) in [6, 6.07) is 16.7. The van der Waals surface area contributed by atoms with E-state index >= 15 is 0 Å². The number of furan rings is 1. The van der Waals surface area contributed by atoms with Crippen LogP contribution >= 0.6 is 0 Å². The molecule has 0 spiro atoms. The number of hydrogen-bond donors (Lipinski definition) is 3. The Labute approximate surface area is 180 Å². The largest absolute Gasteiger partial charge is 0.467 e. The fourth-order valence-corrected chi connectivity index (χ4v) is 3.87. The van der Waals surface area contributed by atoms with E-state index in [4.69, 9.17) is 9.15 Å². The van der Waals surface area contributed by atoms with Crippen LogP contribution in [0.5, 0.6) is 0 Å². The molecule has 160 valence electrons. The average Bonchev–Trinajstić information content (AvgIpc) is 3.31. The summed E-state index contributed by atoms with van der Waals surface area (Å²) < 4.78 is 10.7. The van der Waals surface area contributed by atoms with Crippen molar-refractivity contribution in [2.24, 2.45) is 0 Å². The number of fused-ring (bicyclic) bond motifs is 1. The lowest BCUT2D eigenvalue weighted by Crippen LogP contribution is -2.48. The van der Waals surface area contributed by atoms with E-state index in [0.717, 1.165) is 16.3 Å². The Morgan fingerprint density at radius 3 is 2.74 bits per heavy atom. The monoisotopic (exact) mass is 419 g/mol. The topological polar surface area (TPSA) is 92.6 Å². The van der Waals surface area contributed by atoms with Crippen LogP contribution in [0, 0.1) is 0 Å². The molecule has 3 N–H and O–H groups in total. The van der Waals surface area contributed by atoms with E-state index in [1.165, 1.54) is 6.26 Å². The lowest BCUT2D eigenvalue weighted by atomic mass is 9.98. The number of amides is 2. The van der Waals surface area contributed by atoms with Gasteiger partial charge in [0, 0.05) is 18.3 Å². The van der Waals surface area contributed by atoms with Gasteiger partial charge in [-0.1, -0.05) is 42.5 Å². The van der Waals surface area contributed by atoms with Gasteiger partial charge in [0.25, 0.3) is 0 Å². The lowest BCUT2D eigenvalue weighted by Gasteiger charge is -2.28. The Morgan fingerprint density at radius 2 is 1.97 bits per heavy atom. The normalized spacial score (nSPS) is 17.2. The molecule has 7 nitrogen and oxygen atoms in total. The molecule has 2 amide bonds. The van der Waals surface area contributed by atoms with Crippen molar-refractivity contribution in [3.8, 4) is 0 Å². The molecular formula is C24H25N3O4. The van der Waals surface area contributed by atoms with E-state index in [9.17, 15) is 9.59 Å². The SMILES string of the molecule is CCOC(=O)C1=C(CN[C@@H](C)c2cccc3ccccc23)NC(=O)N[C@@H]1c1ccco1. The summed E-state index contributed by atoms with van der Waals surface area (Å²) in [5, 5.41) is 11.3. The third-order valence-corrected chi connectivity index (χ3v) is 5.35. The second-order valence-electron chi connectivity index (χ2n) is 7.33. The van der Waals surface area contributed by atoms with Crippen LogP contribution in [-0.4, -0.2) is 25.2 Å². The minimum atomic E-state index is -0.715. The van der Waals surface area contributed by atoms with Crippen LogP contribution in [0.3, 0.4) is 0 Å². The van der Waals surface area contributed by atoms with Gasteiger partial charge in [-0.05, 0) is 42.3 Å². The van der Waals surface area contributed by atoms with Crippen molar-refractivity contribution in [3.05, 3.63) is 83.5 Å². The number of benzene rings is 2. The van der Waals surface area contributed by atoms with Gasteiger partial charge in [-0.25, -0.2) is 9.59 Å². The van der Waals surface area contributed by atoms with Gasteiger partial charge in [-0.2, -0.15) is 0 Å². The Hall–Kier alpha value is -3.58. The number of urea groups is 1. The maximum absolute atomic E-state index is 12.8. The minimum Gasteiger partial charge on any atom is -0.467 e. The van der Waals surface area contributed by atoms with Gasteiger partial charge in [0.05, 0.1) is 18.4 Å². The van der Waals surface area contributed by atoms with Gasteiger partial charge in [0.1, 0.15) is 11.8 Å². The quantitative estimate of drug-likeness (QED) is 0.504. The van der Waals surface area contributed by atoms with E-state index in [2.05, 4.69) is 47.1 Å². The zero-order valence-electron chi connectivity index (χ0n) is 17.5. The molecule has 7 heteroatoms. The molecule has 2 atom stereocenters. The molecule has 31 heavy (non-hydrogen) atoms. The Kier molecular flexibility index (Phi) is 6.04. The minimum absolute atomic E-state index is 0.0177. The average molecular weight is 419 g/mol. The molecule has 1 aromatic heterocycles. The van der Waals surface area contributed by atoms with Gasteiger partial charge in [-0.3, -0.25) is 0 Å². The van der Waals surface area contributed by atoms with Crippen LogP contribution in [0.25, 0.3) is 10.8 Å². The summed E-state index contributed by atoms with van der Waals surface area (Å²) in [6.07, 6.45) is 1.51. The number of esters is 1. The highest BCUT2D eigenvalue weighted by molar-refractivity contribution is 5.95. The molecule has 1 aliphatic rings. The van der Waals surface area contributed by atoms with Crippen molar-refractivity contribution < 1.29 is 18.7 Å². The van der Waals surface area contributed by atoms with Crippen LogP contribution in [0.4, 0.5) is 4.79 Å². The first kappa shape index (κ1) is 20.7. The summed E-state index contributed by atoms with van der Waals surface area (Å²) in [5.41, 5.74) is 1.93. The highest BCUT2D eigenvalue weighted by Gasteiger charge is 2.35. The molecule has 1 aliphatic heterocycles. The van der Waals surface area contributed by atoms with Crippen LogP contribution in [0.15, 0.2) is 76.5 Å². The summed E-state index contributed by atoms with van der Waals surface area (Å²) >= 11 is 0. The third-order valence-electron chi connectivity index (χ3n) is 5.35. The first-order chi connectivity index (χ1) is 15.1. The summed E-state index contributed by atoms with van der Waals surface area (Å²) in [7, 11) is 0. The van der Waals surface area contributed by atoms with E-state index in [1.807, 2.05) is 18.2 Å². The first-order valence-corrected chi connectivity index (χ1v) is 10.3. The molecule has 0 radical (unpaired) electrons. The predicted octanol–water partition coefficient (Wildman–Crippen LogP) is 3.95. The van der Waals surface area contributed by atoms with Crippen molar-refractivity contribution in [1.29, 1.82) is 0 Å². The molecule has 3 aromatic rings. The van der Waals surface area contributed by atoms with Gasteiger partial charge in [0.2, 0.25) is 0 Å². The van der Waals surface area contributed by atoms with Crippen LogP contribution < -0.4 is 16.0 Å². The zero-order valence-corrected chi connectivity index (χ0v) is 17.5. The number of carbonyl (C=O) groups is 2. The second kappa shape index (κ2) is 9.06. The van der Waals surface area contributed by atoms with E-state index in [0.29, 0.717) is 17.0 Å². The zero-order chi connectivity index (χ0) is 21.8. The van der Waals surface area contributed by atoms with E-state index in [1.54, 1.807) is 19.1 Å². The molecule has 0 saturated carbocycles. The Morgan fingerprint density at radius 1 is 1.16 bits per heavy atom. The van der Waals surface area contributed by atoms with E-state index < -0.39 is 18.0 Å². The Balaban J connectivity index is 1.64. The molecule has 2 aromatic carbocycles. The highest BCUT2D eigenvalue weighted by Crippen LogP contribution is 2.29. The van der Waals surface area contributed by atoms with Crippen LogP contribution in [0.2, 0.25) is 0 Å². The molecule has 0 fully saturated rings. The van der Waals surface area contributed by atoms with Crippen molar-refractivity contribution in [1.82, 2.24) is 16.0 Å². The third kappa shape index (κ3) is 4.32. The number of ether oxygens (including phenoxy) is 1. The molecule has 4 rings (SSSR count). The highest BCUT2D eigenvalue weighted by atomic mass is 16.5. The maximum atomic E-state index is 12.8. The first-order valence-electron chi connectivity index (χ1n) is 10.3. The number of carbonyl (C=O) groups excluding carboxylic acids is 2. The molecule has 0 bridgehead atoms. The van der Waals surface area contributed by atoms with Crippen molar-refractivity contribution in [2.45, 2.75) is 25.9 Å². The van der Waals surface area contributed by atoms with E-state index in [-0.39, 0.29) is 19.2 Å². The number of hydrogen-bond acceptors (Lipinski definition) is 5. The van der Waals surface area contributed by atoms with Gasteiger partial charge in [-0.15, -0.1) is 0 Å². The van der Waals surface area contributed by atoms with Crippen molar-refractivity contribution in [2.75, 3.05) is 13.2 Å². The van der Waals surface area contributed by atoms with Gasteiger partial charge in [0.15, 0.2) is 0 Å². The van der Waals surface area contributed by atoms with Gasteiger partial charge >= 0.3 is 12.0 Å². The molecule has 0 saturated heterocycles. The predicted molar refractivity (Wildman–Crippen MR) is 117 cm³/mol. The maximum Gasteiger partial charge on any atom is 0.338 e. The summed E-state index contributed by atoms with van der Waals surface area (Å²) in [5.74, 6) is -0.0245. The van der Waals surface area contributed by atoms with Crippen LogP contribution in [-0.2, 0) is 9.53 Å². The van der Waals surface area contributed by atoms with Crippen LogP contribution in [0.1, 0.15) is 37.3 Å². The van der Waals surface area contributed by atoms with Crippen molar-refractivity contribution >= 4 is 22.8 Å². The molecule has 0 unspecified atom stereocenters. The standard InChI is InChI=1S/C24H25N3O4/c1-3-30-23(28)21-19(26-24(29)27-22(21)20-12-7-13-31-20)14-25-15(2)17-11-6-9-16-8-4-5-10-18(16)17/h4-13,15,22,25H,3,14H2,1-2H3,(H2,26,27,29)/t15-,22+/m0/s1. The van der Waals surface area contributed by atoms with Crippen molar-refractivity contribution in [3.63, 3.8) is 0 Å². The number of nitrogens with one attached hydrogen (secondary N) is 3. The number of rotatable bonds is 7. The molecule has 0 aliphatic carbocycles. The smallest absolute Gasteiger partial charge is 0.338 e. The summed E-state index contributed by atoms with van der Waals surface area (Å²) in [4.78, 5) is 25.1.